The maximum Gasteiger partial charge on any atom is 0.195 e. The van der Waals surface area contributed by atoms with E-state index < -0.39 is 0 Å². The minimum atomic E-state index is 0.126. The molecule has 96 valence electrons. The molecule has 0 amide bonds. The van der Waals surface area contributed by atoms with Crippen molar-refractivity contribution in [3.8, 4) is 0 Å². The van der Waals surface area contributed by atoms with E-state index in [9.17, 15) is 0 Å². The number of aryl methyl sites for hydroxylation is 1. The van der Waals surface area contributed by atoms with Gasteiger partial charge in [-0.25, -0.2) is 0 Å². The van der Waals surface area contributed by atoms with Gasteiger partial charge in [-0.2, -0.15) is 0 Å². The molecule has 0 saturated carbocycles. The quantitative estimate of drug-likeness (QED) is 0.920. The Kier molecular flexibility index (Phi) is 4.04. The molecule has 0 saturated heterocycles. The average molecular weight is 262 g/mol. The van der Waals surface area contributed by atoms with Crippen LogP contribution in [0.5, 0.6) is 0 Å². The van der Waals surface area contributed by atoms with Crippen molar-refractivity contribution in [1.29, 1.82) is 0 Å². The van der Waals surface area contributed by atoms with Crippen LogP contribution in [0.1, 0.15) is 30.8 Å². The molecule has 1 atom stereocenters. The van der Waals surface area contributed by atoms with E-state index in [1.165, 1.54) is 5.56 Å². The van der Waals surface area contributed by atoms with Gasteiger partial charge >= 0.3 is 0 Å². The Hall–Kier alpha value is -1.33. The number of benzene rings is 1. The molecule has 4 nitrogen and oxygen atoms in total. The number of hydrogen-bond donors (Lipinski definition) is 1. The fourth-order valence-electron chi connectivity index (χ4n) is 1.60. The van der Waals surface area contributed by atoms with Gasteiger partial charge in [0.2, 0.25) is 0 Å². The predicted molar refractivity (Wildman–Crippen MR) is 73.5 cm³/mol. The first-order chi connectivity index (χ1) is 8.61. The topological polar surface area (TPSA) is 56.7 Å². The normalized spacial score (nSPS) is 12.7. The lowest BCUT2D eigenvalue weighted by Crippen LogP contribution is -2.07. The maximum absolute atomic E-state index is 5.99. The molecule has 1 aromatic heterocycles. The number of hydrogen-bond acceptors (Lipinski definition) is 4. The third-order valence-corrected chi connectivity index (χ3v) is 4.06. The molecule has 1 heterocycles. The summed E-state index contributed by atoms with van der Waals surface area (Å²) in [5.74, 6) is 0.919. The molecule has 18 heavy (non-hydrogen) atoms. The van der Waals surface area contributed by atoms with Crippen molar-refractivity contribution in [2.45, 2.75) is 36.4 Å². The van der Waals surface area contributed by atoms with Crippen LogP contribution in [-0.2, 0) is 7.05 Å². The predicted octanol–water partition coefficient (Wildman–Crippen LogP) is 2.68. The van der Waals surface area contributed by atoms with Crippen molar-refractivity contribution in [3.05, 3.63) is 35.7 Å². The molecule has 5 heteroatoms. The Bertz CT molecular complexity index is 518. The second-order valence-electron chi connectivity index (χ2n) is 4.27. The van der Waals surface area contributed by atoms with Gasteiger partial charge in [-0.15, -0.1) is 10.2 Å². The smallest absolute Gasteiger partial charge is 0.195 e. The zero-order chi connectivity index (χ0) is 13.1. The second kappa shape index (κ2) is 5.54. The second-order valence-corrected chi connectivity index (χ2v) is 5.32. The molecule has 0 unspecified atom stereocenters. The summed E-state index contributed by atoms with van der Waals surface area (Å²) < 4.78 is 1.98. The van der Waals surface area contributed by atoms with Gasteiger partial charge in [-0.05, 0) is 42.8 Å². The van der Waals surface area contributed by atoms with Crippen molar-refractivity contribution in [1.82, 2.24) is 14.8 Å². The molecule has 0 aliphatic rings. The summed E-state index contributed by atoms with van der Waals surface area (Å²) in [5, 5.41) is 9.08. The number of nitrogens with zero attached hydrogens (tertiary/aromatic N) is 3. The monoisotopic (exact) mass is 262 g/mol. The highest BCUT2D eigenvalue weighted by Crippen LogP contribution is 2.27. The molecular formula is C13H18N4S. The minimum Gasteiger partial charge on any atom is -0.324 e. The van der Waals surface area contributed by atoms with E-state index in [0.717, 1.165) is 22.3 Å². The lowest BCUT2D eigenvalue weighted by Gasteiger charge is -2.09. The summed E-state index contributed by atoms with van der Waals surface area (Å²) in [4.78, 5) is 1.15. The van der Waals surface area contributed by atoms with Gasteiger partial charge in [-0.3, -0.25) is 0 Å². The van der Waals surface area contributed by atoms with Crippen LogP contribution in [0, 0.1) is 6.92 Å². The number of rotatable bonds is 4. The maximum atomic E-state index is 5.99. The van der Waals surface area contributed by atoms with E-state index in [1.807, 2.05) is 18.5 Å². The van der Waals surface area contributed by atoms with Gasteiger partial charge in [0.1, 0.15) is 5.82 Å². The SMILES string of the molecule is CC[C@@H](N)c1ccc(Sc2nnc(C)n2C)cc1. The third-order valence-electron chi connectivity index (χ3n) is 3.01. The van der Waals surface area contributed by atoms with E-state index in [4.69, 9.17) is 5.73 Å². The highest BCUT2D eigenvalue weighted by Gasteiger charge is 2.08. The first-order valence-corrected chi connectivity index (χ1v) is 6.83. The summed E-state index contributed by atoms with van der Waals surface area (Å²) >= 11 is 1.61. The number of nitrogens with two attached hydrogens (primary N) is 1. The largest absolute Gasteiger partial charge is 0.324 e. The van der Waals surface area contributed by atoms with Crippen molar-refractivity contribution in [2.75, 3.05) is 0 Å². The summed E-state index contributed by atoms with van der Waals surface area (Å²) in [6.07, 6.45) is 0.953. The van der Waals surface area contributed by atoms with Gasteiger partial charge < -0.3 is 10.3 Å². The van der Waals surface area contributed by atoms with Gasteiger partial charge in [0.15, 0.2) is 5.16 Å². The minimum absolute atomic E-state index is 0.126. The lowest BCUT2D eigenvalue weighted by atomic mass is 10.1. The summed E-state index contributed by atoms with van der Waals surface area (Å²) in [6, 6.07) is 8.46. The van der Waals surface area contributed by atoms with Crippen LogP contribution in [0.2, 0.25) is 0 Å². The Balaban J connectivity index is 2.13. The molecule has 0 fully saturated rings. The van der Waals surface area contributed by atoms with Crippen LogP contribution in [0.3, 0.4) is 0 Å². The van der Waals surface area contributed by atoms with Crippen molar-refractivity contribution in [3.63, 3.8) is 0 Å². The fraction of sp³-hybridized carbons (Fsp3) is 0.385. The van der Waals surface area contributed by atoms with Crippen LogP contribution in [0.4, 0.5) is 0 Å². The van der Waals surface area contributed by atoms with E-state index in [2.05, 4.69) is 41.4 Å². The fourth-order valence-corrected chi connectivity index (χ4v) is 2.43. The van der Waals surface area contributed by atoms with E-state index >= 15 is 0 Å². The average Bonchev–Trinajstić information content (AvgIpc) is 2.71. The van der Waals surface area contributed by atoms with Crippen molar-refractivity contribution >= 4 is 11.8 Å². The van der Waals surface area contributed by atoms with Crippen LogP contribution in [0.15, 0.2) is 34.3 Å². The van der Waals surface area contributed by atoms with Crippen LogP contribution in [0.25, 0.3) is 0 Å². The zero-order valence-electron chi connectivity index (χ0n) is 10.9. The highest BCUT2D eigenvalue weighted by molar-refractivity contribution is 7.99. The molecule has 0 aliphatic heterocycles. The molecule has 0 spiro atoms. The van der Waals surface area contributed by atoms with Crippen LogP contribution >= 0.6 is 11.8 Å². The highest BCUT2D eigenvalue weighted by atomic mass is 32.2. The van der Waals surface area contributed by atoms with Crippen molar-refractivity contribution in [2.24, 2.45) is 12.8 Å². The van der Waals surface area contributed by atoms with Gasteiger partial charge in [0, 0.05) is 18.0 Å². The Morgan fingerprint density at radius 1 is 1.28 bits per heavy atom. The Labute approximate surface area is 112 Å². The van der Waals surface area contributed by atoms with Crippen LogP contribution < -0.4 is 5.73 Å². The molecule has 2 N–H and O–H groups in total. The zero-order valence-corrected chi connectivity index (χ0v) is 11.7. The lowest BCUT2D eigenvalue weighted by molar-refractivity contribution is 0.698. The summed E-state index contributed by atoms with van der Waals surface area (Å²) in [6.45, 7) is 4.04. The Morgan fingerprint density at radius 2 is 1.94 bits per heavy atom. The van der Waals surface area contributed by atoms with E-state index in [0.29, 0.717) is 0 Å². The summed E-state index contributed by atoms with van der Waals surface area (Å²) in [5.41, 5.74) is 7.17. The van der Waals surface area contributed by atoms with E-state index in [1.54, 1.807) is 11.8 Å². The summed E-state index contributed by atoms with van der Waals surface area (Å²) in [7, 11) is 1.97. The third kappa shape index (κ3) is 2.73. The molecule has 2 rings (SSSR count). The molecular weight excluding hydrogens is 244 g/mol. The first kappa shape index (κ1) is 13.1. The van der Waals surface area contributed by atoms with Crippen LogP contribution in [-0.4, -0.2) is 14.8 Å². The molecule has 0 radical (unpaired) electrons. The Morgan fingerprint density at radius 3 is 2.44 bits per heavy atom. The number of aromatic nitrogens is 3. The first-order valence-electron chi connectivity index (χ1n) is 6.01. The molecule has 2 aromatic rings. The van der Waals surface area contributed by atoms with Gasteiger partial charge in [0.25, 0.3) is 0 Å². The van der Waals surface area contributed by atoms with Crippen molar-refractivity contribution < 1.29 is 0 Å². The van der Waals surface area contributed by atoms with Gasteiger partial charge in [-0.1, -0.05) is 19.1 Å². The van der Waals surface area contributed by atoms with Gasteiger partial charge in [0.05, 0.1) is 0 Å². The van der Waals surface area contributed by atoms with E-state index in [-0.39, 0.29) is 6.04 Å². The molecule has 1 aromatic carbocycles. The standard InChI is InChI=1S/C13H18N4S/c1-4-12(14)10-5-7-11(8-6-10)18-13-16-15-9(2)17(13)3/h5-8,12H,4,14H2,1-3H3/t12-/m1/s1. The molecule has 0 bridgehead atoms. The molecule has 0 aliphatic carbocycles.